The number of nitrogens with one attached hydrogen (secondary N) is 1. The number of thioether (sulfide) groups is 1. The van der Waals surface area contributed by atoms with Crippen molar-refractivity contribution in [3.8, 4) is 5.75 Å². The second-order valence-electron chi connectivity index (χ2n) is 6.16. The number of hydrogen-bond acceptors (Lipinski definition) is 4. The average molecular weight is 397 g/mol. The number of aromatic nitrogens is 2. The summed E-state index contributed by atoms with van der Waals surface area (Å²) in [5.74, 6) is 0.266. The molecule has 0 bridgehead atoms. The summed E-state index contributed by atoms with van der Waals surface area (Å²) < 4.78 is 30.7. The van der Waals surface area contributed by atoms with E-state index in [9.17, 15) is 13.6 Å². The van der Waals surface area contributed by atoms with Crippen LogP contribution in [0.3, 0.4) is 0 Å². The van der Waals surface area contributed by atoms with Crippen molar-refractivity contribution >= 4 is 17.7 Å². The number of hydrogen-bond donors (Lipinski definition) is 1. The number of unbranched alkanes of at least 4 members (excludes halogenated alkanes) is 1. The first-order valence-electron chi connectivity index (χ1n) is 8.87. The fraction of sp³-hybridized carbons (Fsp3) is 0.474. The van der Waals surface area contributed by atoms with Crippen molar-refractivity contribution in [2.24, 2.45) is 0 Å². The van der Waals surface area contributed by atoms with Gasteiger partial charge in [-0.05, 0) is 38.0 Å². The maximum absolute atomic E-state index is 12.1. The highest BCUT2D eigenvalue weighted by Gasteiger charge is 2.13. The lowest BCUT2D eigenvalue weighted by atomic mass is 10.2. The summed E-state index contributed by atoms with van der Waals surface area (Å²) in [5, 5.41) is 3.69. The number of ether oxygens (including phenoxy) is 1. The van der Waals surface area contributed by atoms with E-state index in [4.69, 9.17) is 0 Å². The van der Waals surface area contributed by atoms with Gasteiger partial charge in [-0.3, -0.25) is 4.79 Å². The van der Waals surface area contributed by atoms with Gasteiger partial charge in [0, 0.05) is 18.8 Å². The zero-order chi connectivity index (χ0) is 19.8. The predicted molar refractivity (Wildman–Crippen MR) is 102 cm³/mol. The lowest BCUT2D eigenvalue weighted by Crippen LogP contribution is -2.24. The molecule has 1 aromatic carbocycles. The van der Waals surface area contributed by atoms with Crippen molar-refractivity contribution in [1.82, 2.24) is 14.9 Å². The minimum atomic E-state index is -2.84. The van der Waals surface area contributed by atoms with Crippen LogP contribution in [0.2, 0.25) is 0 Å². The molecule has 27 heavy (non-hydrogen) atoms. The van der Waals surface area contributed by atoms with Gasteiger partial charge < -0.3 is 14.6 Å². The van der Waals surface area contributed by atoms with Crippen LogP contribution in [0.25, 0.3) is 0 Å². The molecule has 0 fully saturated rings. The molecule has 0 radical (unpaired) electrons. The van der Waals surface area contributed by atoms with Crippen LogP contribution in [-0.4, -0.2) is 27.8 Å². The van der Waals surface area contributed by atoms with Crippen LogP contribution >= 0.6 is 11.8 Å². The van der Waals surface area contributed by atoms with Crippen LogP contribution in [0, 0.1) is 13.8 Å². The van der Waals surface area contributed by atoms with Gasteiger partial charge in [-0.15, -0.1) is 0 Å². The Labute approximate surface area is 162 Å². The molecule has 0 aliphatic carbocycles. The number of carbonyl (C=O) groups excluding carboxylic acids is 1. The molecule has 2 aromatic rings. The average Bonchev–Trinajstić information content (AvgIpc) is 2.91. The molecule has 1 N–H and O–H groups in total. The van der Waals surface area contributed by atoms with Crippen LogP contribution in [-0.2, 0) is 17.9 Å². The van der Waals surface area contributed by atoms with E-state index in [0.717, 1.165) is 41.5 Å². The van der Waals surface area contributed by atoms with Crippen LogP contribution in [0.5, 0.6) is 5.75 Å². The number of benzene rings is 1. The van der Waals surface area contributed by atoms with Gasteiger partial charge in [0.15, 0.2) is 5.16 Å². The Kier molecular flexibility index (Phi) is 8.09. The summed E-state index contributed by atoms with van der Waals surface area (Å²) in [6.07, 6.45) is 2.17. The Morgan fingerprint density at radius 1 is 1.30 bits per heavy atom. The molecule has 0 atom stereocenters. The lowest BCUT2D eigenvalue weighted by Gasteiger charge is -2.10. The Morgan fingerprint density at radius 3 is 2.63 bits per heavy atom. The van der Waals surface area contributed by atoms with Gasteiger partial charge in [0.2, 0.25) is 5.91 Å². The summed E-state index contributed by atoms with van der Waals surface area (Å²) in [5.41, 5.74) is 2.93. The number of imidazole rings is 1. The lowest BCUT2D eigenvalue weighted by molar-refractivity contribution is -0.118. The molecule has 0 spiro atoms. The highest BCUT2D eigenvalue weighted by atomic mass is 32.2. The van der Waals surface area contributed by atoms with E-state index in [1.807, 2.05) is 13.8 Å². The standard InChI is InChI=1S/C19H25F2N3O2S/c1-4-5-10-24-14(3)13(2)23-19(24)27-12-17(25)22-11-15-6-8-16(9-7-15)26-18(20)21/h6-9,18H,4-5,10-12H2,1-3H3,(H,22,25). The molecule has 0 unspecified atom stereocenters. The maximum Gasteiger partial charge on any atom is 0.387 e. The summed E-state index contributed by atoms with van der Waals surface area (Å²) in [7, 11) is 0. The highest BCUT2D eigenvalue weighted by Crippen LogP contribution is 2.22. The third-order valence-corrected chi connectivity index (χ3v) is 5.10. The van der Waals surface area contributed by atoms with E-state index in [0.29, 0.717) is 6.54 Å². The number of nitrogens with zero attached hydrogens (tertiary/aromatic N) is 2. The van der Waals surface area contributed by atoms with Gasteiger partial charge in [-0.2, -0.15) is 8.78 Å². The first-order valence-corrected chi connectivity index (χ1v) is 9.86. The molecule has 1 aromatic heterocycles. The van der Waals surface area contributed by atoms with Crippen molar-refractivity contribution in [2.45, 2.75) is 58.5 Å². The van der Waals surface area contributed by atoms with Crippen LogP contribution in [0.4, 0.5) is 8.78 Å². The molecule has 0 saturated heterocycles. The van der Waals surface area contributed by atoms with Crippen molar-refractivity contribution in [2.75, 3.05) is 5.75 Å². The van der Waals surface area contributed by atoms with E-state index < -0.39 is 6.61 Å². The van der Waals surface area contributed by atoms with Crippen molar-refractivity contribution in [3.05, 3.63) is 41.2 Å². The van der Waals surface area contributed by atoms with Crippen molar-refractivity contribution < 1.29 is 18.3 Å². The molecule has 0 saturated carbocycles. The number of rotatable bonds is 10. The monoisotopic (exact) mass is 397 g/mol. The molecule has 148 valence electrons. The Hall–Kier alpha value is -2.09. The van der Waals surface area contributed by atoms with Crippen LogP contribution < -0.4 is 10.1 Å². The fourth-order valence-electron chi connectivity index (χ4n) is 2.48. The fourth-order valence-corrected chi connectivity index (χ4v) is 3.43. The molecule has 0 aliphatic heterocycles. The topological polar surface area (TPSA) is 56.2 Å². The zero-order valence-electron chi connectivity index (χ0n) is 15.8. The number of carbonyl (C=O) groups is 1. The molecule has 2 rings (SSSR count). The predicted octanol–water partition coefficient (Wildman–Crippen LogP) is 4.31. The minimum Gasteiger partial charge on any atom is -0.435 e. The summed E-state index contributed by atoms with van der Waals surface area (Å²) >= 11 is 1.42. The first-order chi connectivity index (χ1) is 12.9. The molecule has 5 nitrogen and oxygen atoms in total. The maximum atomic E-state index is 12.1. The first kappa shape index (κ1) is 21.2. The Morgan fingerprint density at radius 2 is 2.00 bits per heavy atom. The second kappa shape index (κ2) is 10.3. The van der Waals surface area contributed by atoms with Crippen molar-refractivity contribution in [3.63, 3.8) is 0 Å². The van der Waals surface area contributed by atoms with E-state index in [1.165, 1.54) is 23.9 Å². The molecular formula is C19H25F2N3O2S. The number of aryl methyl sites for hydroxylation is 1. The number of alkyl halides is 2. The van der Waals surface area contributed by atoms with E-state index in [1.54, 1.807) is 12.1 Å². The molecule has 1 amide bonds. The second-order valence-corrected chi connectivity index (χ2v) is 7.10. The smallest absolute Gasteiger partial charge is 0.387 e. The zero-order valence-corrected chi connectivity index (χ0v) is 16.6. The van der Waals surface area contributed by atoms with Crippen LogP contribution in [0.1, 0.15) is 36.7 Å². The van der Waals surface area contributed by atoms with E-state index in [-0.39, 0.29) is 17.4 Å². The molecule has 8 heteroatoms. The molecular weight excluding hydrogens is 372 g/mol. The third-order valence-electron chi connectivity index (χ3n) is 4.13. The number of halogens is 2. The number of amides is 1. The molecule has 1 heterocycles. The van der Waals surface area contributed by atoms with Gasteiger partial charge in [-0.25, -0.2) is 4.98 Å². The summed E-state index contributed by atoms with van der Waals surface area (Å²) in [6.45, 7) is 4.56. The Balaban J connectivity index is 1.83. The Bertz CT molecular complexity index is 748. The van der Waals surface area contributed by atoms with Gasteiger partial charge in [-0.1, -0.05) is 37.2 Å². The summed E-state index contributed by atoms with van der Waals surface area (Å²) in [4.78, 5) is 16.7. The van der Waals surface area contributed by atoms with Gasteiger partial charge in [0.1, 0.15) is 5.75 Å². The third kappa shape index (κ3) is 6.53. The normalized spacial score (nSPS) is 11.0. The highest BCUT2D eigenvalue weighted by molar-refractivity contribution is 7.99. The quantitative estimate of drug-likeness (QED) is 0.607. The van der Waals surface area contributed by atoms with Gasteiger partial charge in [0.05, 0.1) is 11.4 Å². The van der Waals surface area contributed by atoms with E-state index in [2.05, 4.69) is 26.5 Å². The van der Waals surface area contributed by atoms with E-state index >= 15 is 0 Å². The SMILES string of the molecule is CCCCn1c(SCC(=O)NCc2ccc(OC(F)F)cc2)nc(C)c1C. The van der Waals surface area contributed by atoms with Gasteiger partial charge >= 0.3 is 6.61 Å². The summed E-state index contributed by atoms with van der Waals surface area (Å²) in [6, 6.07) is 6.21. The minimum absolute atomic E-state index is 0.0975. The van der Waals surface area contributed by atoms with Crippen molar-refractivity contribution in [1.29, 1.82) is 0 Å². The molecule has 0 aliphatic rings. The largest absolute Gasteiger partial charge is 0.435 e. The van der Waals surface area contributed by atoms with Crippen LogP contribution in [0.15, 0.2) is 29.4 Å². The van der Waals surface area contributed by atoms with Gasteiger partial charge in [0.25, 0.3) is 0 Å².